The molecule has 2 aromatic carbocycles. The molecule has 0 spiro atoms. The van der Waals surface area contributed by atoms with Crippen molar-refractivity contribution in [3.8, 4) is 17.2 Å². The van der Waals surface area contributed by atoms with E-state index in [4.69, 9.17) is 14.2 Å². The highest BCUT2D eigenvalue weighted by Crippen LogP contribution is 2.34. The number of hydrogen-bond donors (Lipinski definition) is 1. The molecule has 0 radical (unpaired) electrons. The Morgan fingerprint density at radius 1 is 1.18 bits per heavy atom. The average Bonchev–Trinajstić information content (AvgIpc) is 3.20. The van der Waals surface area contributed by atoms with E-state index in [1.165, 1.54) is 25.3 Å². The summed E-state index contributed by atoms with van der Waals surface area (Å²) in [5.74, 6) is 0.813. The third kappa shape index (κ3) is 3.11. The first kappa shape index (κ1) is 18.1. The molecule has 7 nitrogen and oxygen atoms in total. The quantitative estimate of drug-likeness (QED) is 0.800. The van der Waals surface area contributed by atoms with E-state index < -0.39 is 17.4 Å². The van der Waals surface area contributed by atoms with Gasteiger partial charge in [0.15, 0.2) is 11.5 Å². The van der Waals surface area contributed by atoms with Gasteiger partial charge in [-0.2, -0.15) is 0 Å². The molecule has 2 heterocycles. The number of benzene rings is 2. The predicted octanol–water partition coefficient (Wildman–Crippen LogP) is 2.62. The molecule has 2 aliphatic heterocycles. The molecule has 0 saturated carbocycles. The number of amides is 3. The zero-order valence-electron chi connectivity index (χ0n) is 15.5. The van der Waals surface area contributed by atoms with Gasteiger partial charge in [0.2, 0.25) is 6.79 Å². The van der Waals surface area contributed by atoms with E-state index in [1.807, 2.05) is 6.07 Å². The summed E-state index contributed by atoms with van der Waals surface area (Å²) >= 11 is 0. The van der Waals surface area contributed by atoms with E-state index in [1.54, 1.807) is 19.1 Å². The van der Waals surface area contributed by atoms with Crippen molar-refractivity contribution in [2.75, 3.05) is 13.9 Å². The predicted molar refractivity (Wildman–Crippen MR) is 96.7 cm³/mol. The first-order chi connectivity index (χ1) is 13.4. The minimum atomic E-state index is -1.12. The van der Waals surface area contributed by atoms with Crippen LogP contribution in [0.4, 0.5) is 9.18 Å². The summed E-state index contributed by atoms with van der Waals surface area (Å²) < 4.78 is 29.5. The van der Waals surface area contributed by atoms with Gasteiger partial charge in [-0.15, -0.1) is 0 Å². The lowest BCUT2D eigenvalue weighted by atomic mass is 9.92. The summed E-state index contributed by atoms with van der Waals surface area (Å²) in [4.78, 5) is 26.6. The van der Waals surface area contributed by atoms with Crippen molar-refractivity contribution in [2.24, 2.45) is 0 Å². The zero-order chi connectivity index (χ0) is 19.9. The Morgan fingerprint density at radius 2 is 1.96 bits per heavy atom. The molecule has 0 aromatic heterocycles. The van der Waals surface area contributed by atoms with Gasteiger partial charge in [-0.05, 0) is 42.8 Å². The minimum absolute atomic E-state index is 0.0810. The first-order valence-corrected chi connectivity index (χ1v) is 8.75. The summed E-state index contributed by atoms with van der Waals surface area (Å²) in [6.07, 6.45) is 0.283. The van der Waals surface area contributed by atoms with Crippen molar-refractivity contribution in [2.45, 2.75) is 25.4 Å². The number of carbonyl (C=O) groups is 2. The van der Waals surface area contributed by atoms with Crippen LogP contribution in [0.25, 0.3) is 0 Å². The monoisotopic (exact) mass is 386 g/mol. The fraction of sp³-hybridized carbons (Fsp3) is 0.300. The summed E-state index contributed by atoms with van der Waals surface area (Å²) in [6, 6.07) is 8.86. The van der Waals surface area contributed by atoms with Crippen molar-refractivity contribution < 1.29 is 28.2 Å². The van der Waals surface area contributed by atoms with Crippen LogP contribution in [-0.2, 0) is 17.8 Å². The number of nitrogens with one attached hydrogen (secondary N) is 1. The van der Waals surface area contributed by atoms with Crippen LogP contribution >= 0.6 is 0 Å². The summed E-state index contributed by atoms with van der Waals surface area (Å²) in [5, 5.41) is 2.75. The summed E-state index contributed by atoms with van der Waals surface area (Å²) in [7, 11) is 1.45. The van der Waals surface area contributed by atoms with E-state index in [2.05, 4.69) is 5.32 Å². The first-order valence-electron chi connectivity index (χ1n) is 8.75. The number of rotatable bonds is 5. The van der Waals surface area contributed by atoms with Gasteiger partial charge >= 0.3 is 6.03 Å². The second-order valence-corrected chi connectivity index (χ2v) is 6.97. The number of imide groups is 1. The molecule has 3 amide bonds. The molecule has 0 unspecified atom stereocenters. The van der Waals surface area contributed by atoms with Crippen molar-refractivity contribution in [1.29, 1.82) is 0 Å². The Bertz CT molecular complexity index is 964. The number of fused-ring (bicyclic) bond motifs is 1. The number of hydrogen-bond acceptors (Lipinski definition) is 5. The smallest absolute Gasteiger partial charge is 0.325 e. The van der Waals surface area contributed by atoms with Gasteiger partial charge in [-0.1, -0.05) is 6.07 Å². The van der Waals surface area contributed by atoms with Crippen LogP contribution in [0.5, 0.6) is 17.2 Å². The third-order valence-corrected chi connectivity index (χ3v) is 4.91. The molecule has 28 heavy (non-hydrogen) atoms. The molecule has 1 fully saturated rings. The topological polar surface area (TPSA) is 77.1 Å². The lowest BCUT2D eigenvalue weighted by Gasteiger charge is -2.22. The van der Waals surface area contributed by atoms with Gasteiger partial charge < -0.3 is 19.5 Å². The second kappa shape index (κ2) is 6.70. The minimum Gasteiger partial charge on any atom is -0.496 e. The SMILES string of the molecule is COc1ccc(F)cc1CN1C(=O)N[C@](C)(Cc2ccc3c(c2)OCO3)C1=O. The number of ether oxygens (including phenoxy) is 3. The van der Waals surface area contributed by atoms with Crippen molar-refractivity contribution >= 4 is 11.9 Å². The zero-order valence-corrected chi connectivity index (χ0v) is 15.5. The largest absolute Gasteiger partial charge is 0.496 e. The fourth-order valence-corrected chi connectivity index (χ4v) is 3.51. The van der Waals surface area contributed by atoms with Gasteiger partial charge in [-0.3, -0.25) is 9.69 Å². The van der Waals surface area contributed by atoms with Gasteiger partial charge in [-0.25, -0.2) is 9.18 Å². The Hall–Kier alpha value is -3.29. The summed E-state index contributed by atoms with van der Waals surface area (Å²) in [6.45, 7) is 1.75. The number of nitrogens with zero attached hydrogens (tertiary/aromatic N) is 1. The van der Waals surface area contributed by atoms with E-state index in [-0.39, 0.29) is 25.7 Å². The van der Waals surface area contributed by atoms with Crippen LogP contribution in [0.2, 0.25) is 0 Å². The maximum atomic E-state index is 13.6. The second-order valence-electron chi connectivity index (χ2n) is 6.97. The van der Waals surface area contributed by atoms with Crippen LogP contribution in [0.15, 0.2) is 36.4 Å². The number of urea groups is 1. The van der Waals surface area contributed by atoms with Gasteiger partial charge in [0.1, 0.15) is 17.1 Å². The number of carbonyl (C=O) groups excluding carboxylic acids is 2. The van der Waals surface area contributed by atoms with E-state index in [0.717, 1.165) is 10.5 Å². The molecule has 2 aromatic rings. The average molecular weight is 386 g/mol. The highest BCUT2D eigenvalue weighted by Gasteiger charge is 2.47. The number of halogens is 1. The third-order valence-electron chi connectivity index (χ3n) is 4.91. The van der Waals surface area contributed by atoms with Crippen molar-refractivity contribution in [1.82, 2.24) is 10.2 Å². The molecule has 1 atom stereocenters. The molecule has 4 rings (SSSR count). The van der Waals surface area contributed by atoms with Gasteiger partial charge in [0.05, 0.1) is 13.7 Å². The van der Waals surface area contributed by atoms with E-state index in [9.17, 15) is 14.0 Å². The molecule has 0 bridgehead atoms. The molecule has 146 valence electrons. The summed E-state index contributed by atoms with van der Waals surface area (Å²) in [5.41, 5.74) is 0.120. The normalized spacial score (nSPS) is 20.5. The molecular weight excluding hydrogens is 367 g/mol. The highest BCUT2D eigenvalue weighted by atomic mass is 19.1. The molecule has 0 aliphatic carbocycles. The van der Waals surface area contributed by atoms with Crippen LogP contribution in [0.3, 0.4) is 0 Å². The maximum absolute atomic E-state index is 13.6. The highest BCUT2D eigenvalue weighted by molar-refractivity contribution is 6.06. The Morgan fingerprint density at radius 3 is 2.75 bits per heavy atom. The Balaban J connectivity index is 1.55. The lowest BCUT2D eigenvalue weighted by Crippen LogP contribution is -2.45. The molecule has 1 saturated heterocycles. The maximum Gasteiger partial charge on any atom is 0.325 e. The Labute approximate surface area is 161 Å². The molecular formula is C20H19FN2O5. The van der Waals surface area contributed by atoms with E-state index >= 15 is 0 Å². The molecule has 8 heteroatoms. The van der Waals surface area contributed by atoms with Crippen LogP contribution in [0.1, 0.15) is 18.1 Å². The molecule has 1 N–H and O–H groups in total. The lowest BCUT2D eigenvalue weighted by molar-refractivity contribution is -0.131. The van der Waals surface area contributed by atoms with Crippen molar-refractivity contribution in [3.05, 3.63) is 53.3 Å². The van der Waals surface area contributed by atoms with E-state index in [0.29, 0.717) is 22.8 Å². The van der Waals surface area contributed by atoms with Gasteiger partial charge in [0, 0.05) is 12.0 Å². The van der Waals surface area contributed by atoms with Gasteiger partial charge in [0.25, 0.3) is 5.91 Å². The Kier molecular flexibility index (Phi) is 4.33. The molecule has 2 aliphatic rings. The van der Waals surface area contributed by atoms with Crippen LogP contribution in [-0.4, -0.2) is 36.3 Å². The number of methoxy groups -OCH3 is 1. The standard InChI is InChI=1S/C20H19FN2O5/c1-20(9-12-3-5-16-17(7-12)28-11-27-16)18(24)23(19(25)22-20)10-13-8-14(21)4-6-15(13)26-2/h3-8H,9-11H2,1-2H3,(H,22,25)/t20-/m1/s1. The van der Waals surface area contributed by atoms with Crippen molar-refractivity contribution in [3.63, 3.8) is 0 Å². The fourth-order valence-electron chi connectivity index (χ4n) is 3.51. The van der Waals surface area contributed by atoms with Crippen LogP contribution in [0, 0.1) is 5.82 Å². The van der Waals surface area contributed by atoms with Crippen LogP contribution < -0.4 is 19.5 Å².